The van der Waals surface area contributed by atoms with Crippen LogP contribution in [-0.2, 0) is 41.8 Å². The average molecular weight is 841 g/mol. The van der Waals surface area contributed by atoms with Crippen LogP contribution < -0.4 is 20.8 Å². The maximum Gasteiger partial charge on any atom is 0.352 e. The van der Waals surface area contributed by atoms with E-state index in [2.05, 4.69) is 26.2 Å². The number of tetrazole rings is 1. The first-order valence-corrected chi connectivity index (χ1v) is 18.9. The van der Waals surface area contributed by atoms with Gasteiger partial charge in [-0.15, -0.1) is 16.9 Å². The topological polar surface area (TPSA) is 315 Å². The largest absolute Gasteiger partial charge is 0.504 e. The van der Waals surface area contributed by atoms with Crippen molar-refractivity contribution in [3.63, 3.8) is 0 Å². The summed E-state index contributed by atoms with van der Waals surface area (Å²) in [6.07, 6.45) is 1.14. The molecule has 1 unspecified atom stereocenters. The number of rotatable bonds is 16. The van der Waals surface area contributed by atoms with E-state index in [9.17, 15) is 48.9 Å². The highest BCUT2D eigenvalue weighted by Gasteiger charge is 2.67. The molecule has 6 rings (SSSR count). The van der Waals surface area contributed by atoms with Crippen molar-refractivity contribution in [3.05, 3.63) is 75.2 Å². The molecular formula is C34H32N8O14S2. The van der Waals surface area contributed by atoms with Crippen molar-refractivity contribution < 1.29 is 63.8 Å². The zero-order valence-electron chi connectivity index (χ0n) is 30.1. The Kier molecular flexibility index (Phi) is 11.6. The molecule has 3 amide bonds. The molecule has 0 spiro atoms. The Labute approximate surface area is 333 Å². The van der Waals surface area contributed by atoms with Crippen LogP contribution in [0.25, 0.3) is 10.9 Å². The lowest BCUT2D eigenvalue weighted by Crippen LogP contribution is -2.81. The molecule has 3 atom stereocenters. The molecule has 0 aliphatic carbocycles. The standard InChI is InChI=1S/C34H32N8O14S2/c1-3-40-10-19(26(48)18-8-9-20(43)27(49)25(18)40)28(50)35-23(15-4-6-17(7-5-15)56-12-22(46)47)29(51)36-34(55-2)31(54)42-24(30(52)53)16(13-57-32(34)42)14-58-33-37-38-39-41(33)11-21(44)45/h4-10,23,32,43,49H,3,11-14H2,1-2H3,(H,35,50)(H,36,51)(H,44,45)(H,46,47)(H,52,53)/t23?,32-,34-/m0/s1. The van der Waals surface area contributed by atoms with Crippen LogP contribution in [-0.4, -0.2) is 127 Å². The van der Waals surface area contributed by atoms with E-state index in [1.807, 2.05) is 0 Å². The van der Waals surface area contributed by atoms with Gasteiger partial charge in [-0.3, -0.25) is 28.9 Å². The van der Waals surface area contributed by atoms with Crippen LogP contribution in [0.1, 0.15) is 28.9 Å². The number of β-lactam (4-membered cyclic amide) rings is 1. The van der Waals surface area contributed by atoms with E-state index < -0.39 is 94.1 Å². The van der Waals surface area contributed by atoms with Crippen molar-refractivity contribution in [1.82, 2.24) is 40.3 Å². The smallest absolute Gasteiger partial charge is 0.352 e. The van der Waals surface area contributed by atoms with E-state index in [-0.39, 0.29) is 51.0 Å². The second-order valence-corrected chi connectivity index (χ2v) is 14.5. The van der Waals surface area contributed by atoms with Gasteiger partial charge >= 0.3 is 17.9 Å². The third kappa shape index (κ3) is 7.58. The van der Waals surface area contributed by atoms with Crippen molar-refractivity contribution in [2.75, 3.05) is 25.2 Å². The first-order chi connectivity index (χ1) is 27.6. The normalized spacial score (nSPS) is 17.9. The number of carbonyl (C=O) groups is 6. The maximum absolute atomic E-state index is 14.3. The van der Waals surface area contributed by atoms with Crippen LogP contribution in [0.3, 0.4) is 0 Å². The molecule has 304 valence electrons. The van der Waals surface area contributed by atoms with E-state index in [1.165, 1.54) is 34.9 Å². The summed E-state index contributed by atoms with van der Waals surface area (Å²) in [5.41, 5.74) is -3.55. The minimum atomic E-state index is -2.16. The van der Waals surface area contributed by atoms with Crippen LogP contribution in [0, 0.1) is 0 Å². The number of carboxylic acids is 3. The number of carboxylic acid groups (broad SMARTS) is 3. The molecule has 2 aromatic heterocycles. The zero-order chi connectivity index (χ0) is 42.1. The molecule has 0 radical (unpaired) electrons. The van der Waals surface area contributed by atoms with E-state index in [1.54, 1.807) is 6.92 Å². The van der Waals surface area contributed by atoms with Crippen molar-refractivity contribution in [2.45, 2.75) is 42.3 Å². The SMILES string of the molecule is CCn1cc(C(=O)NC(C(=O)N[C@]2(OC)C(=O)N3C(C(=O)O)=C(CSc4nnnn4CC(=O)O)CS[C@H]32)c2ccc(OCC(=O)O)cc2)c(=O)c2ccc(O)c(O)c21. The number of aromatic hydroxyl groups is 2. The molecule has 24 heteroatoms. The number of ether oxygens (including phenoxy) is 2. The number of phenolic OH excluding ortho intramolecular Hbond substituents is 2. The number of benzene rings is 2. The minimum absolute atomic E-state index is 0.0154. The van der Waals surface area contributed by atoms with Gasteiger partial charge in [-0.25, -0.2) is 14.3 Å². The van der Waals surface area contributed by atoms with Crippen LogP contribution in [0.4, 0.5) is 0 Å². The lowest BCUT2D eigenvalue weighted by molar-refractivity contribution is -0.192. The van der Waals surface area contributed by atoms with Gasteiger partial charge in [0.2, 0.25) is 16.5 Å². The second-order valence-electron chi connectivity index (χ2n) is 12.5. The van der Waals surface area contributed by atoms with Gasteiger partial charge in [0.1, 0.15) is 35.0 Å². The highest BCUT2D eigenvalue weighted by molar-refractivity contribution is 8.01. The number of amides is 3. The van der Waals surface area contributed by atoms with Crippen LogP contribution >= 0.6 is 23.5 Å². The Morgan fingerprint density at radius 1 is 1.05 bits per heavy atom. The fourth-order valence-corrected chi connectivity index (χ4v) is 8.73. The Morgan fingerprint density at radius 2 is 1.78 bits per heavy atom. The number of aliphatic carboxylic acids is 3. The van der Waals surface area contributed by atoms with Gasteiger partial charge in [-0.2, -0.15) is 0 Å². The number of aryl methyl sites for hydroxylation is 1. The Morgan fingerprint density at radius 3 is 2.41 bits per heavy atom. The fourth-order valence-electron chi connectivity index (χ4n) is 6.28. The molecular weight excluding hydrogens is 809 g/mol. The number of hydrogen-bond donors (Lipinski definition) is 7. The summed E-state index contributed by atoms with van der Waals surface area (Å²) in [5.74, 6) is -8.01. The molecule has 1 saturated heterocycles. The van der Waals surface area contributed by atoms with E-state index in [0.29, 0.717) is 0 Å². The van der Waals surface area contributed by atoms with E-state index >= 15 is 0 Å². The monoisotopic (exact) mass is 840 g/mol. The van der Waals surface area contributed by atoms with Crippen LogP contribution in [0.5, 0.6) is 17.2 Å². The van der Waals surface area contributed by atoms with Gasteiger partial charge in [0, 0.05) is 31.4 Å². The van der Waals surface area contributed by atoms with Crippen molar-refractivity contribution in [1.29, 1.82) is 0 Å². The lowest BCUT2D eigenvalue weighted by atomic mass is 9.96. The summed E-state index contributed by atoms with van der Waals surface area (Å²) in [7, 11) is 1.12. The Bertz CT molecular complexity index is 2450. The first kappa shape index (κ1) is 41.0. The van der Waals surface area contributed by atoms with Gasteiger partial charge in [0.05, 0.1) is 10.9 Å². The van der Waals surface area contributed by atoms with Gasteiger partial charge in [-0.1, -0.05) is 23.9 Å². The average Bonchev–Trinajstić information content (AvgIpc) is 3.64. The van der Waals surface area contributed by atoms with Gasteiger partial charge < -0.3 is 50.2 Å². The zero-order valence-corrected chi connectivity index (χ0v) is 31.8. The molecule has 0 saturated carbocycles. The number of pyridine rings is 1. The maximum atomic E-state index is 14.3. The van der Waals surface area contributed by atoms with Crippen LogP contribution in [0.2, 0.25) is 0 Å². The van der Waals surface area contributed by atoms with Gasteiger partial charge in [0.25, 0.3) is 17.5 Å². The van der Waals surface area contributed by atoms with Gasteiger partial charge in [0.15, 0.2) is 18.1 Å². The van der Waals surface area contributed by atoms with Crippen molar-refractivity contribution in [2.24, 2.45) is 0 Å². The Balaban J connectivity index is 1.30. The number of hydrogen-bond acceptors (Lipinski definition) is 16. The van der Waals surface area contributed by atoms with Crippen molar-refractivity contribution >= 4 is 70.1 Å². The molecule has 1 fully saturated rings. The molecule has 2 aromatic carbocycles. The number of fused-ring (bicyclic) bond motifs is 2. The fraction of sp³-hybridized carbons (Fsp3) is 0.294. The molecule has 58 heavy (non-hydrogen) atoms. The van der Waals surface area contributed by atoms with Crippen LogP contribution in [0.15, 0.2) is 63.8 Å². The number of thioether (sulfide) groups is 2. The summed E-state index contributed by atoms with van der Waals surface area (Å²) >= 11 is 2.00. The summed E-state index contributed by atoms with van der Waals surface area (Å²) in [6.45, 7) is 0.576. The number of phenols is 2. The molecule has 4 aromatic rings. The molecule has 7 N–H and O–H groups in total. The third-order valence-corrected chi connectivity index (χ3v) is 11.4. The number of nitrogens with one attached hydrogen (secondary N) is 2. The summed E-state index contributed by atoms with van der Waals surface area (Å²) < 4.78 is 13.1. The second kappa shape index (κ2) is 16.4. The minimum Gasteiger partial charge on any atom is -0.504 e. The molecule has 2 aliphatic heterocycles. The molecule has 22 nitrogen and oxygen atoms in total. The first-order valence-electron chi connectivity index (χ1n) is 16.8. The number of methoxy groups -OCH3 is 1. The number of nitrogens with zero attached hydrogens (tertiary/aromatic N) is 6. The lowest BCUT2D eigenvalue weighted by Gasteiger charge is -2.56. The highest BCUT2D eigenvalue weighted by Crippen LogP contribution is 2.47. The van der Waals surface area contributed by atoms with E-state index in [0.717, 1.165) is 52.5 Å². The van der Waals surface area contributed by atoms with E-state index in [4.69, 9.17) is 19.7 Å². The molecule has 0 bridgehead atoms. The summed E-state index contributed by atoms with van der Waals surface area (Å²) in [6, 6.07) is 5.95. The summed E-state index contributed by atoms with van der Waals surface area (Å²) in [5, 5.41) is 63.6. The molecule has 4 heterocycles. The number of aromatic nitrogens is 5. The quantitative estimate of drug-likeness (QED) is 0.0336. The molecule has 2 aliphatic rings. The highest BCUT2D eigenvalue weighted by atomic mass is 32.2. The predicted octanol–water partition coefficient (Wildman–Crippen LogP) is -0.0568. The third-order valence-electron chi connectivity index (χ3n) is 8.99. The predicted molar refractivity (Wildman–Crippen MR) is 199 cm³/mol. The number of carbonyl (C=O) groups excluding carboxylic acids is 3. The Hall–Kier alpha value is -6.66. The summed E-state index contributed by atoms with van der Waals surface area (Å²) in [4.78, 5) is 91.5. The van der Waals surface area contributed by atoms with Gasteiger partial charge in [-0.05, 0) is 52.8 Å². The van der Waals surface area contributed by atoms with Crippen molar-refractivity contribution in [3.8, 4) is 17.2 Å².